The SMILES string of the molecule is Cc1ccc(C(=O)N2CCCC2c2ccccc2)c(F)c1. The molecule has 1 aliphatic rings. The molecule has 1 aliphatic heterocycles. The lowest BCUT2D eigenvalue weighted by molar-refractivity contribution is 0.0731. The predicted octanol–water partition coefficient (Wildman–Crippen LogP) is 4.11. The third-order valence-electron chi connectivity index (χ3n) is 4.05. The molecule has 1 atom stereocenters. The molecule has 3 rings (SSSR count). The molecule has 21 heavy (non-hydrogen) atoms. The van der Waals surface area contributed by atoms with Gasteiger partial charge in [0.15, 0.2) is 0 Å². The number of rotatable bonds is 2. The van der Waals surface area contributed by atoms with Gasteiger partial charge in [-0.15, -0.1) is 0 Å². The van der Waals surface area contributed by atoms with Crippen LogP contribution in [0.5, 0.6) is 0 Å². The van der Waals surface area contributed by atoms with Gasteiger partial charge in [-0.05, 0) is 43.0 Å². The predicted molar refractivity (Wildman–Crippen MR) is 80.6 cm³/mol. The number of aryl methyl sites for hydroxylation is 1. The molecular weight excluding hydrogens is 265 g/mol. The number of carbonyl (C=O) groups is 1. The third-order valence-corrected chi connectivity index (χ3v) is 4.05. The minimum Gasteiger partial charge on any atom is -0.332 e. The Morgan fingerprint density at radius 2 is 1.95 bits per heavy atom. The van der Waals surface area contributed by atoms with E-state index in [1.54, 1.807) is 17.0 Å². The third kappa shape index (κ3) is 2.68. The molecule has 0 saturated carbocycles. The molecular formula is C18H18FNO. The van der Waals surface area contributed by atoms with Crippen molar-refractivity contribution in [1.29, 1.82) is 0 Å². The van der Waals surface area contributed by atoms with Crippen LogP contribution in [0.1, 0.15) is 40.4 Å². The Balaban J connectivity index is 1.90. The van der Waals surface area contributed by atoms with Crippen LogP contribution in [0.25, 0.3) is 0 Å². The van der Waals surface area contributed by atoms with Crippen molar-refractivity contribution in [2.75, 3.05) is 6.54 Å². The molecule has 0 bridgehead atoms. The zero-order valence-electron chi connectivity index (χ0n) is 12.1. The molecule has 3 heteroatoms. The molecule has 2 nitrogen and oxygen atoms in total. The second kappa shape index (κ2) is 5.68. The quantitative estimate of drug-likeness (QED) is 0.812. The zero-order chi connectivity index (χ0) is 14.8. The van der Waals surface area contributed by atoms with Crippen molar-refractivity contribution in [3.05, 3.63) is 71.0 Å². The lowest BCUT2D eigenvalue weighted by atomic mass is 10.0. The van der Waals surface area contributed by atoms with E-state index in [0.717, 1.165) is 24.0 Å². The minimum absolute atomic E-state index is 0.0550. The molecule has 1 unspecified atom stereocenters. The Morgan fingerprint density at radius 1 is 1.19 bits per heavy atom. The maximum atomic E-state index is 14.0. The summed E-state index contributed by atoms with van der Waals surface area (Å²) in [4.78, 5) is 14.4. The van der Waals surface area contributed by atoms with E-state index in [2.05, 4.69) is 0 Å². The highest BCUT2D eigenvalue weighted by molar-refractivity contribution is 5.95. The van der Waals surface area contributed by atoms with Gasteiger partial charge in [-0.25, -0.2) is 4.39 Å². The lowest BCUT2D eigenvalue weighted by Crippen LogP contribution is -2.31. The highest BCUT2D eigenvalue weighted by Crippen LogP contribution is 2.33. The van der Waals surface area contributed by atoms with E-state index >= 15 is 0 Å². The Bertz CT molecular complexity index is 654. The monoisotopic (exact) mass is 283 g/mol. The van der Waals surface area contributed by atoms with Crippen LogP contribution in [-0.4, -0.2) is 17.4 Å². The van der Waals surface area contributed by atoms with Gasteiger partial charge in [-0.2, -0.15) is 0 Å². The highest BCUT2D eigenvalue weighted by atomic mass is 19.1. The van der Waals surface area contributed by atoms with Gasteiger partial charge in [0.25, 0.3) is 5.91 Å². The zero-order valence-corrected chi connectivity index (χ0v) is 12.1. The Kier molecular flexibility index (Phi) is 3.74. The largest absolute Gasteiger partial charge is 0.332 e. The van der Waals surface area contributed by atoms with Gasteiger partial charge in [0.05, 0.1) is 11.6 Å². The molecule has 0 aromatic heterocycles. The fraction of sp³-hybridized carbons (Fsp3) is 0.278. The summed E-state index contributed by atoms with van der Waals surface area (Å²) >= 11 is 0. The van der Waals surface area contributed by atoms with Gasteiger partial charge in [0.2, 0.25) is 0 Å². The van der Waals surface area contributed by atoms with Crippen LogP contribution >= 0.6 is 0 Å². The van der Waals surface area contributed by atoms with Crippen molar-refractivity contribution in [2.24, 2.45) is 0 Å². The first-order valence-corrected chi connectivity index (χ1v) is 7.29. The van der Waals surface area contributed by atoms with E-state index in [1.807, 2.05) is 37.3 Å². The molecule has 2 aromatic carbocycles. The van der Waals surface area contributed by atoms with Crippen LogP contribution in [0.3, 0.4) is 0 Å². The second-order valence-corrected chi connectivity index (χ2v) is 5.55. The summed E-state index contributed by atoms with van der Waals surface area (Å²) in [7, 11) is 0. The molecule has 1 saturated heterocycles. The molecule has 0 radical (unpaired) electrons. The number of hydrogen-bond donors (Lipinski definition) is 0. The van der Waals surface area contributed by atoms with Gasteiger partial charge in [0.1, 0.15) is 5.82 Å². The standard InChI is InChI=1S/C18H18FNO/c1-13-9-10-15(16(19)12-13)18(21)20-11-5-8-17(20)14-6-3-2-4-7-14/h2-4,6-7,9-10,12,17H,5,8,11H2,1H3. The Morgan fingerprint density at radius 3 is 2.67 bits per heavy atom. The number of hydrogen-bond acceptors (Lipinski definition) is 1. The molecule has 1 fully saturated rings. The Labute approximate surface area is 124 Å². The van der Waals surface area contributed by atoms with E-state index in [1.165, 1.54) is 6.07 Å². The van der Waals surface area contributed by atoms with Gasteiger partial charge in [-0.1, -0.05) is 36.4 Å². The minimum atomic E-state index is -0.432. The fourth-order valence-electron chi connectivity index (χ4n) is 2.98. The normalized spacial score (nSPS) is 18.0. The molecule has 0 aliphatic carbocycles. The van der Waals surface area contributed by atoms with Crippen LogP contribution in [0.15, 0.2) is 48.5 Å². The lowest BCUT2D eigenvalue weighted by Gasteiger charge is -2.25. The summed E-state index contributed by atoms with van der Waals surface area (Å²) in [6, 6.07) is 14.8. The molecule has 1 heterocycles. The summed E-state index contributed by atoms with van der Waals surface area (Å²) in [6.07, 6.45) is 1.89. The molecule has 0 N–H and O–H groups in total. The summed E-state index contributed by atoms with van der Waals surface area (Å²) in [5.74, 6) is -0.641. The molecule has 0 spiro atoms. The van der Waals surface area contributed by atoms with Crippen molar-refractivity contribution in [1.82, 2.24) is 4.90 Å². The molecule has 2 aromatic rings. The van der Waals surface area contributed by atoms with Crippen LogP contribution in [-0.2, 0) is 0 Å². The van der Waals surface area contributed by atoms with Gasteiger partial charge < -0.3 is 4.90 Å². The van der Waals surface area contributed by atoms with Crippen LogP contribution < -0.4 is 0 Å². The van der Waals surface area contributed by atoms with Gasteiger partial charge in [-0.3, -0.25) is 4.79 Å². The van der Waals surface area contributed by atoms with E-state index in [9.17, 15) is 9.18 Å². The first-order chi connectivity index (χ1) is 10.2. The number of benzene rings is 2. The van der Waals surface area contributed by atoms with Crippen molar-refractivity contribution < 1.29 is 9.18 Å². The van der Waals surface area contributed by atoms with Crippen LogP contribution in [0.4, 0.5) is 4.39 Å². The summed E-state index contributed by atoms with van der Waals surface area (Å²) in [6.45, 7) is 2.51. The van der Waals surface area contributed by atoms with Gasteiger partial charge >= 0.3 is 0 Å². The fourth-order valence-corrected chi connectivity index (χ4v) is 2.98. The van der Waals surface area contributed by atoms with Crippen molar-refractivity contribution >= 4 is 5.91 Å². The first-order valence-electron chi connectivity index (χ1n) is 7.29. The number of carbonyl (C=O) groups excluding carboxylic acids is 1. The number of halogens is 1. The average molecular weight is 283 g/mol. The number of likely N-dealkylation sites (tertiary alicyclic amines) is 1. The molecule has 1 amide bonds. The van der Waals surface area contributed by atoms with E-state index in [-0.39, 0.29) is 17.5 Å². The number of nitrogens with zero attached hydrogens (tertiary/aromatic N) is 1. The number of amides is 1. The van der Waals surface area contributed by atoms with Crippen molar-refractivity contribution in [3.63, 3.8) is 0 Å². The van der Waals surface area contributed by atoms with Crippen molar-refractivity contribution in [2.45, 2.75) is 25.8 Å². The average Bonchev–Trinajstić information content (AvgIpc) is 2.97. The van der Waals surface area contributed by atoms with Crippen LogP contribution in [0, 0.1) is 12.7 Å². The second-order valence-electron chi connectivity index (χ2n) is 5.55. The van der Waals surface area contributed by atoms with Crippen LogP contribution in [0.2, 0.25) is 0 Å². The summed E-state index contributed by atoms with van der Waals surface area (Å²) in [5.41, 5.74) is 2.12. The maximum Gasteiger partial charge on any atom is 0.257 e. The highest BCUT2D eigenvalue weighted by Gasteiger charge is 2.31. The van der Waals surface area contributed by atoms with Crippen molar-refractivity contribution in [3.8, 4) is 0 Å². The Hall–Kier alpha value is -2.16. The summed E-state index contributed by atoms with van der Waals surface area (Å²) in [5, 5.41) is 0. The maximum absolute atomic E-state index is 14.0. The smallest absolute Gasteiger partial charge is 0.257 e. The first kappa shape index (κ1) is 13.8. The van der Waals surface area contributed by atoms with Gasteiger partial charge in [0, 0.05) is 6.54 Å². The van der Waals surface area contributed by atoms with E-state index in [4.69, 9.17) is 0 Å². The topological polar surface area (TPSA) is 20.3 Å². The molecule has 108 valence electrons. The van der Waals surface area contributed by atoms with E-state index in [0.29, 0.717) is 6.54 Å². The summed E-state index contributed by atoms with van der Waals surface area (Å²) < 4.78 is 14.0. The van der Waals surface area contributed by atoms with E-state index < -0.39 is 5.82 Å².